The molecule has 0 bridgehead atoms. The zero-order valence-electron chi connectivity index (χ0n) is 13.2. The molecule has 124 valence electrons. The van der Waals surface area contributed by atoms with Gasteiger partial charge in [0, 0.05) is 25.2 Å². The lowest BCUT2D eigenvalue weighted by atomic mass is 9.85. The van der Waals surface area contributed by atoms with Crippen molar-refractivity contribution in [2.45, 2.75) is 57.4 Å². The molecule has 1 saturated heterocycles. The van der Waals surface area contributed by atoms with Gasteiger partial charge in [0.25, 0.3) is 0 Å². The van der Waals surface area contributed by atoms with Crippen LogP contribution in [0, 0.1) is 17.8 Å². The Kier molecular flexibility index (Phi) is 5.01. The lowest BCUT2D eigenvalue weighted by Gasteiger charge is -2.33. The van der Waals surface area contributed by atoms with E-state index in [0.717, 1.165) is 19.3 Å². The monoisotopic (exact) mass is 309 g/mol. The molecule has 2 unspecified atom stereocenters. The van der Waals surface area contributed by atoms with E-state index < -0.39 is 5.97 Å². The number of aliphatic carboxylic acids is 1. The van der Waals surface area contributed by atoms with Crippen LogP contribution in [-0.4, -0.2) is 47.7 Å². The van der Waals surface area contributed by atoms with Gasteiger partial charge in [0.05, 0.1) is 0 Å². The van der Waals surface area contributed by atoms with Crippen molar-refractivity contribution in [1.82, 2.24) is 4.90 Å². The molecule has 2 saturated carbocycles. The summed E-state index contributed by atoms with van der Waals surface area (Å²) < 4.78 is 5.34. The van der Waals surface area contributed by atoms with Crippen molar-refractivity contribution in [1.29, 1.82) is 0 Å². The van der Waals surface area contributed by atoms with E-state index in [2.05, 4.69) is 0 Å². The predicted molar refractivity (Wildman–Crippen MR) is 81.4 cm³/mol. The Morgan fingerprint density at radius 3 is 2.36 bits per heavy atom. The van der Waals surface area contributed by atoms with Crippen molar-refractivity contribution < 1.29 is 19.4 Å². The van der Waals surface area contributed by atoms with E-state index in [1.54, 1.807) is 4.90 Å². The van der Waals surface area contributed by atoms with Crippen LogP contribution in [0.1, 0.15) is 51.4 Å². The van der Waals surface area contributed by atoms with Crippen LogP contribution in [0.5, 0.6) is 0 Å². The van der Waals surface area contributed by atoms with Gasteiger partial charge in [-0.25, -0.2) is 0 Å². The van der Waals surface area contributed by atoms with Crippen molar-refractivity contribution >= 4 is 11.9 Å². The standard InChI is InChI=1S/C17H27NO4/c19-16(20)11-18(13-6-8-22-9-7-13)17(21)15-10-14(15)12-4-2-1-3-5-12/h12-15H,1-11H2,(H,19,20). The molecule has 1 N–H and O–H groups in total. The van der Waals surface area contributed by atoms with Gasteiger partial charge >= 0.3 is 5.97 Å². The summed E-state index contributed by atoms with van der Waals surface area (Å²) in [5.41, 5.74) is 0. The van der Waals surface area contributed by atoms with Gasteiger partial charge in [0.15, 0.2) is 0 Å². The topological polar surface area (TPSA) is 66.8 Å². The average molecular weight is 309 g/mol. The van der Waals surface area contributed by atoms with Crippen molar-refractivity contribution in [3.05, 3.63) is 0 Å². The minimum atomic E-state index is -0.908. The minimum absolute atomic E-state index is 0.0463. The number of rotatable bonds is 5. The molecule has 0 spiro atoms. The summed E-state index contributed by atoms with van der Waals surface area (Å²) in [5, 5.41) is 9.16. The first-order valence-corrected chi connectivity index (χ1v) is 8.77. The molecule has 1 aliphatic heterocycles. The number of amides is 1. The maximum absolute atomic E-state index is 12.8. The average Bonchev–Trinajstić information content (AvgIpc) is 3.34. The first-order valence-electron chi connectivity index (χ1n) is 8.77. The maximum atomic E-state index is 12.8. The summed E-state index contributed by atoms with van der Waals surface area (Å²) in [6, 6.07) is 0.0463. The van der Waals surface area contributed by atoms with Crippen LogP contribution < -0.4 is 0 Å². The molecule has 0 aromatic carbocycles. The molecule has 3 aliphatic rings. The zero-order chi connectivity index (χ0) is 15.5. The van der Waals surface area contributed by atoms with E-state index in [-0.39, 0.29) is 24.4 Å². The highest BCUT2D eigenvalue weighted by Gasteiger charge is 2.49. The molecule has 22 heavy (non-hydrogen) atoms. The van der Waals surface area contributed by atoms with E-state index >= 15 is 0 Å². The van der Waals surface area contributed by atoms with Gasteiger partial charge in [-0.15, -0.1) is 0 Å². The molecule has 0 radical (unpaired) electrons. The number of carboxylic acid groups (broad SMARTS) is 1. The number of hydrogen-bond donors (Lipinski definition) is 1. The second-order valence-corrected chi connectivity index (χ2v) is 7.11. The van der Waals surface area contributed by atoms with Gasteiger partial charge in [0.2, 0.25) is 5.91 Å². The fourth-order valence-corrected chi connectivity index (χ4v) is 4.32. The third-order valence-corrected chi connectivity index (χ3v) is 5.63. The fourth-order valence-electron chi connectivity index (χ4n) is 4.32. The molecule has 5 heteroatoms. The highest BCUT2D eigenvalue weighted by atomic mass is 16.5. The van der Waals surface area contributed by atoms with Gasteiger partial charge in [-0.2, -0.15) is 0 Å². The van der Waals surface area contributed by atoms with E-state index in [9.17, 15) is 9.59 Å². The van der Waals surface area contributed by atoms with Crippen LogP contribution in [0.15, 0.2) is 0 Å². The number of carbonyl (C=O) groups is 2. The molecule has 0 aromatic heterocycles. The first-order chi connectivity index (χ1) is 10.7. The molecule has 3 rings (SSSR count). The summed E-state index contributed by atoms with van der Waals surface area (Å²) >= 11 is 0. The maximum Gasteiger partial charge on any atom is 0.323 e. The predicted octanol–water partition coefficient (Wildman–Crippen LogP) is 2.29. The van der Waals surface area contributed by atoms with E-state index in [0.29, 0.717) is 25.0 Å². The molecule has 1 amide bonds. The Morgan fingerprint density at radius 2 is 1.73 bits per heavy atom. The summed E-state index contributed by atoms with van der Waals surface area (Å²) in [4.78, 5) is 25.6. The van der Waals surface area contributed by atoms with Crippen molar-refractivity contribution in [3.63, 3.8) is 0 Å². The first kappa shape index (κ1) is 15.8. The Hall–Kier alpha value is -1.10. The summed E-state index contributed by atoms with van der Waals surface area (Å²) in [6.45, 7) is 1.10. The quantitative estimate of drug-likeness (QED) is 0.846. The van der Waals surface area contributed by atoms with Crippen LogP contribution in [0.25, 0.3) is 0 Å². The van der Waals surface area contributed by atoms with E-state index in [4.69, 9.17) is 9.84 Å². The summed E-state index contributed by atoms with van der Waals surface area (Å²) in [5.74, 6) is 0.484. The third-order valence-electron chi connectivity index (χ3n) is 5.63. The van der Waals surface area contributed by atoms with Gasteiger partial charge in [-0.3, -0.25) is 9.59 Å². The summed E-state index contributed by atoms with van der Waals surface area (Å²) in [7, 11) is 0. The van der Waals surface area contributed by atoms with Crippen LogP contribution in [0.4, 0.5) is 0 Å². The smallest absolute Gasteiger partial charge is 0.323 e. The van der Waals surface area contributed by atoms with Crippen LogP contribution in [0.2, 0.25) is 0 Å². The highest BCUT2D eigenvalue weighted by molar-refractivity contribution is 5.85. The van der Waals surface area contributed by atoms with Crippen molar-refractivity contribution in [2.24, 2.45) is 17.8 Å². The van der Waals surface area contributed by atoms with E-state index in [1.807, 2.05) is 0 Å². The van der Waals surface area contributed by atoms with Gasteiger partial charge in [0.1, 0.15) is 6.54 Å². The van der Waals surface area contributed by atoms with Crippen LogP contribution in [-0.2, 0) is 14.3 Å². The second-order valence-electron chi connectivity index (χ2n) is 7.11. The molecule has 3 fully saturated rings. The largest absolute Gasteiger partial charge is 0.480 e. The SMILES string of the molecule is O=C(O)CN(C(=O)C1CC1C1CCCCC1)C1CCOCC1. The van der Waals surface area contributed by atoms with Gasteiger partial charge < -0.3 is 14.7 Å². The Morgan fingerprint density at radius 1 is 1.05 bits per heavy atom. The lowest BCUT2D eigenvalue weighted by molar-refractivity contribution is -0.148. The van der Waals surface area contributed by atoms with Crippen LogP contribution in [0.3, 0.4) is 0 Å². The number of ether oxygens (including phenoxy) is 1. The summed E-state index contributed by atoms with van der Waals surface area (Å²) in [6.07, 6.45) is 8.93. The number of hydrogen-bond acceptors (Lipinski definition) is 3. The second kappa shape index (κ2) is 6.99. The molecular formula is C17H27NO4. The van der Waals surface area contributed by atoms with Crippen molar-refractivity contribution in [2.75, 3.05) is 19.8 Å². The molecule has 5 nitrogen and oxygen atoms in total. The zero-order valence-corrected chi connectivity index (χ0v) is 13.2. The van der Waals surface area contributed by atoms with Crippen LogP contribution >= 0.6 is 0 Å². The molecule has 0 aromatic rings. The Bertz CT molecular complexity index is 413. The molecule has 1 heterocycles. The van der Waals surface area contributed by atoms with E-state index in [1.165, 1.54) is 32.1 Å². The normalized spacial score (nSPS) is 30.0. The molecule has 2 aliphatic carbocycles. The fraction of sp³-hybridized carbons (Fsp3) is 0.882. The van der Waals surface area contributed by atoms with Gasteiger partial charge in [-0.1, -0.05) is 32.1 Å². The number of carboxylic acids is 1. The molecule has 2 atom stereocenters. The van der Waals surface area contributed by atoms with Crippen molar-refractivity contribution in [3.8, 4) is 0 Å². The third kappa shape index (κ3) is 3.62. The Labute approximate surface area is 132 Å². The molecular weight excluding hydrogens is 282 g/mol. The Balaban J connectivity index is 1.60. The number of nitrogens with zero attached hydrogens (tertiary/aromatic N) is 1. The van der Waals surface area contributed by atoms with Gasteiger partial charge in [-0.05, 0) is 31.1 Å². The lowest BCUT2D eigenvalue weighted by Crippen LogP contribution is -2.47. The highest BCUT2D eigenvalue weighted by Crippen LogP contribution is 2.50. The number of carbonyl (C=O) groups excluding carboxylic acids is 1. The minimum Gasteiger partial charge on any atom is -0.480 e.